The fraction of sp³-hybridized carbons (Fsp3) is 0.133. The number of carbonyl (C=O) groups is 1. The van der Waals surface area contributed by atoms with Gasteiger partial charge in [0.15, 0.2) is 0 Å². The molecule has 1 amide bonds. The number of carbonyl (C=O) groups excluding carboxylic acids is 1. The number of benzene rings is 2. The predicted molar refractivity (Wildman–Crippen MR) is 74.7 cm³/mol. The Morgan fingerprint density at radius 1 is 0.947 bits per heavy atom. The molecule has 2 N–H and O–H groups in total. The van der Waals surface area contributed by atoms with Crippen LogP contribution in [-0.2, 0) is 4.79 Å². The Bertz CT molecular complexity index is 600. The van der Waals surface area contributed by atoms with Gasteiger partial charge >= 0.3 is 0 Å². The van der Waals surface area contributed by atoms with Crippen LogP contribution >= 0.6 is 11.6 Å². The van der Waals surface area contributed by atoms with Crippen molar-refractivity contribution in [3.05, 3.63) is 70.7 Å². The zero-order chi connectivity index (χ0) is 13.2. The standard InChI is InChI=1S/C15H13ClN2O/c16-12-8-4-7-11(9-12)13-14(17-18-15(13)19)10-5-2-1-3-6-10/h1-9,13-14,17H,(H,18,19). The molecule has 1 heterocycles. The van der Waals surface area contributed by atoms with Gasteiger partial charge in [0, 0.05) is 5.02 Å². The maximum absolute atomic E-state index is 12.1. The average Bonchev–Trinajstić information content (AvgIpc) is 2.82. The van der Waals surface area contributed by atoms with Gasteiger partial charge in [0.1, 0.15) is 0 Å². The van der Waals surface area contributed by atoms with Crippen LogP contribution in [-0.4, -0.2) is 5.91 Å². The van der Waals surface area contributed by atoms with E-state index >= 15 is 0 Å². The second-order valence-corrected chi connectivity index (χ2v) is 4.99. The summed E-state index contributed by atoms with van der Waals surface area (Å²) in [5.41, 5.74) is 7.75. The first-order chi connectivity index (χ1) is 9.25. The molecular weight excluding hydrogens is 260 g/mol. The van der Waals surface area contributed by atoms with E-state index in [1.165, 1.54) is 0 Å². The summed E-state index contributed by atoms with van der Waals surface area (Å²) in [4.78, 5) is 12.1. The molecule has 4 heteroatoms. The number of halogens is 1. The van der Waals surface area contributed by atoms with Crippen molar-refractivity contribution >= 4 is 17.5 Å². The third-order valence-electron chi connectivity index (χ3n) is 3.33. The van der Waals surface area contributed by atoms with Crippen LogP contribution in [0.3, 0.4) is 0 Å². The Hall–Kier alpha value is -1.84. The lowest BCUT2D eigenvalue weighted by Gasteiger charge is -2.17. The minimum absolute atomic E-state index is 0.0314. The van der Waals surface area contributed by atoms with Crippen molar-refractivity contribution in [3.8, 4) is 0 Å². The first kappa shape index (κ1) is 12.2. The van der Waals surface area contributed by atoms with Gasteiger partial charge in [-0.25, -0.2) is 5.43 Å². The smallest absolute Gasteiger partial charge is 0.243 e. The van der Waals surface area contributed by atoms with Crippen molar-refractivity contribution < 1.29 is 4.79 Å². The molecule has 0 aromatic heterocycles. The molecule has 96 valence electrons. The summed E-state index contributed by atoms with van der Waals surface area (Å²) in [6, 6.07) is 17.3. The zero-order valence-electron chi connectivity index (χ0n) is 10.1. The maximum Gasteiger partial charge on any atom is 0.243 e. The predicted octanol–water partition coefficient (Wildman–Crippen LogP) is 2.80. The van der Waals surface area contributed by atoms with Gasteiger partial charge in [-0.1, -0.05) is 54.1 Å². The van der Waals surface area contributed by atoms with Crippen LogP contribution in [0.1, 0.15) is 23.1 Å². The van der Waals surface area contributed by atoms with Crippen molar-refractivity contribution in [3.63, 3.8) is 0 Å². The number of amides is 1. The molecule has 1 fully saturated rings. The van der Waals surface area contributed by atoms with E-state index in [9.17, 15) is 4.79 Å². The molecule has 2 aromatic rings. The normalized spacial score (nSPS) is 22.3. The summed E-state index contributed by atoms with van der Waals surface area (Å²) in [6.45, 7) is 0. The maximum atomic E-state index is 12.1. The Labute approximate surface area is 116 Å². The van der Waals surface area contributed by atoms with Crippen molar-refractivity contribution in [2.75, 3.05) is 0 Å². The summed E-state index contributed by atoms with van der Waals surface area (Å²) in [6.07, 6.45) is 0. The van der Waals surface area contributed by atoms with Crippen molar-refractivity contribution in [2.45, 2.75) is 12.0 Å². The topological polar surface area (TPSA) is 41.1 Å². The van der Waals surface area contributed by atoms with Crippen molar-refractivity contribution in [2.24, 2.45) is 0 Å². The number of hydrazine groups is 1. The van der Waals surface area contributed by atoms with Gasteiger partial charge in [0.2, 0.25) is 5.91 Å². The fourth-order valence-corrected chi connectivity index (χ4v) is 2.64. The SMILES string of the molecule is O=C1NNC(c2ccccc2)C1c1cccc(Cl)c1. The highest BCUT2D eigenvalue weighted by Gasteiger charge is 2.36. The van der Waals surface area contributed by atoms with Crippen LogP contribution in [0.25, 0.3) is 0 Å². The minimum atomic E-state index is -0.263. The summed E-state index contributed by atoms with van der Waals surface area (Å²) in [5.74, 6) is -0.294. The molecule has 19 heavy (non-hydrogen) atoms. The first-order valence-electron chi connectivity index (χ1n) is 6.11. The lowest BCUT2D eigenvalue weighted by atomic mass is 9.88. The molecule has 1 aliphatic heterocycles. The van der Waals surface area contributed by atoms with Gasteiger partial charge in [-0.2, -0.15) is 0 Å². The molecule has 1 aliphatic rings. The average molecular weight is 273 g/mol. The van der Waals surface area contributed by atoms with Gasteiger partial charge in [-0.05, 0) is 23.3 Å². The van der Waals surface area contributed by atoms with Crippen LogP contribution in [0.4, 0.5) is 0 Å². The van der Waals surface area contributed by atoms with Gasteiger partial charge < -0.3 is 0 Å². The highest BCUT2D eigenvalue weighted by Crippen LogP contribution is 2.34. The van der Waals surface area contributed by atoms with Gasteiger partial charge in [0.25, 0.3) is 0 Å². The van der Waals surface area contributed by atoms with Crippen LogP contribution in [0.15, 0.2) is 54.6 Å². The fourth-order valence-electron chi connectivity index (χ4n) is 2.44. The lowest BCUT2D eigenvalue weighted by Crippen LogP contribution is -2.27. The second-order valence-electron chi connectivity index (χ2n) is 4.55. The molecule has 0 aliphatic carbocycles. The van der Waals surface area contributed by atoms with Crippen molar-refractivity contribution in [1.29, 1.82) is 0 Å². The highest BCUT2D eigenvalue weighted by molar-refractivity contribution is 6.30. The molecule has 0 spiro atoms. The van der Waals surface area contributed by atoms with E-state index in [1.54, 1.807) is 0 Å². The van der Waals surface area contributed by atoms with E-state index in [2.05, 4.69) is 10.9 Å². The second kappa shape index (κ2) is 5.03. The third-order valence-corrected chi connectivity index (χ3v) is 3.57. The molecule has 2 atom stereocenters. The number of hydrogen-bond acceptors (Lipinski definition) is 2. The lowest BCUT2D eigenvalue weighted by molar-refractivity contribution is -0.120. The summed E-state index contributed by atoms with van der Waals surface area (Å²) < 4.78 is 0. The van der Waals surface area contributed by atoms with E-state index in [4.69, 9.17) is 11.6 Å². The van der Waals surface area contributed by atoms with E-state index < -0.39 is 0 Å². The Morgan fingerprint density at radius 2 is 1.68 bits per heavy atom. The molecule has 2 aromatic carbocycles. The van der Waals surface area contributed by atoms with Crippen LogP contribution in [0, 0.1) is 0 Å². The molecule has 0 bridgehead atoms. The summed E-state index contributed by atoms with van der Waals surface area (Å²) in [7, 11) is 0. The molecule has 0 saturated carbocycles. The molecule has 1 saturated heterocycles. The van der Waals surface area contributed by atoms with E-state index in [-0.39, 0.29) is 17.9 Å². The molecule has 0 radical (unpaired) electrons. The van der Waals surface area contributed by atoms with E-state index in [1.807, 2.05) is 54.6 Å². The van der Waals surface area contributed by atoms with Crippen LogP contribution < -0.4 is 10.9 Å². The van der Waals surface area contributed by atoms with Gasteiger partial charge in [0.05, 0.1) is 12.0 Å². The number of rotatable bonds is 2. The number of nitrogens with one attached hydrogen (secondary N) is 2. The Kier molecular flexibility index (Phi) is 3.23. The van der Waals surface area contributed by atoms with Gasteiger partial charge in [-0.3, -0.25) is 10.2 Å². The quantitative estimate of drug-likeness (QED) is 0.883. The minimum Gasteiger partial charge on any atom is -0.290 e. The summed E-state index contributed by atoms with van der Waals surface area (Å²) >= 11 is 6.01. The molecule has 3 rings (SSSR count). The van der Waals surface area contributed by atoms with E-state index in [0.717, 1.165) is 11.1 Å². The Balaban J connectivity index is 2.00. The monoisotopic (exact) mass is 272 g/mol. The van der Waals surface area contributed by atoms with Gasteiger partial charge in [-0.15, -0.1) is 0 Å². The highest BCUT2D eigenvalue weighted by atomic mass is 35.5. The zero-order valence-corrected chi connectivity index (χ0v) is 10.9. The molecule has 2 unspecified atom stereocenters. The molecular formula is C15H13ClN2O. The molecule has 3 nitrogen and oxygen atoms in total. The van der Waals surface area contributed by atoms with Crippen molar-refractivity contribution in [1.82, 2.24) is 10.9 Å². The van der Waals surface area contributed by atoms with Crippen LogP contribution in [0.5, 0.6) is 0 Å². The summed E-state index contributed by atoms with van der Waals surface area (Å²) in [5, 5.41) is 0.643. The van der Waals surface area contributed by atoms with Crippen LogP contribution in [0.2, 0.25) is 5.02 Å². The third kappa shape index (κ3) is 2.35. The first-order valence-corrected chi connectivity index (χ1v) is 6.49. The van der Waals surface area contributed by atoms with E-state index in [0.29, 0.717) is 5.02 Å². The number of hydrogen-bond donors (Lipinski definition) is 2. The Morgan fingerprint density at radius 3 is 2.42 bits per heavy atom. The largest absolute Gasteiger partial charge is 0.290 e.